The van der Waals surface area contributed by atoms with Crippen LogP contribution in [0.25, 0.3) is 5.57 Å². The molecule has 0 heteroatoms. The number of benzene rings is 1. The molecular formula is C15H22. The summed E-state index contributed by atoms with van der Waals surface area (Å²) in [6.07, 6.45) is 9.00. The molecule has 1 aromatic rings. The highest BCUT2D eigenvalue weighted by atomic mass is 14.0. The first-order valence-corrected chi connectivity index (χ1v) is 6.01. The predicted octanol–water partition coefficient (Wildman–Crippen LogP) is 5.06. The average molecular weight is 202 g/mol. The van der Waals surface area contributed by atoms with Crippen LogP contribution < -0.4 is 0 Å². The molecule has 2 rings (SSSR count). The molecule has 0 atom stereocenters. The molecule has 0 saturated heterocycles. The van der Waals surface area contributed by atoms with Crippen LogP contribution in [-0.4, -0.2) is 0 Å². The van der Waals surface area contributed by atoms with Crippen LogP contribution in [0.3, 0.4) is 0 Å². The second-order valence-electron chi connectivity index (χ2n) is 4.27. The predicted molar refractivity (Wildman–Crippen MR) is 68.9 cm³/mol. The van der Waals surface area contributed by atoms with Gasteiger partial charge in [-0.05, 0) is 12.5 Å². The Morgan fingerprint density at radius 1 is 0.867 bits per heavy atom. The van der Waals surface area contributed by atoms with E-state index in [0.717, 1.165) is 5.57 Å². The van der Waals surface area contributed by atoms with E-state index in [1.165, 1.54) is 44.1 Å². The summed E-state index contributed by atoms with van der Waals surface area (Å²) < 4.78 is 0. The van der Waals surface area contributed by atoms with Gasteiger partial charge in [-0.2, -0.15) is 0 Å². The molecule has 15 heavy (non-hydrogen) atoms. The van der Waals surface area contributed by atoms with Gasteiger partial charge in [0.25, 0.3) is 0 Å². The molecule has 0 bridgehead atoms. The van der Waals surface area contributed by atoms with Crippen LogP contribution in [0.5, 0.6) is 0 Å². The molecule has 0 unspecified atom stereocenters. The van der Waals surface area contributed by atoms with E-state index in [2.05, 4.69) is 18.7 Å². The third-order valence-corrected chi connectivity index (χ3v) is 2.77. The Balaban J connectivity index is 0.000000162. The summed E-state index contributed by atoms with van der Waals surface area (Å²) in [5, 5.41) is 0. The second-order valence-corrected chi connectivity index (χ2v) is 4.27. The molecular weight excluding hydrogens is 180 g/mol. The Hall–Kier alpha value is -1.04. The van der Waals surface area contributed by atoms with Crippen molar-refractivity contribution in [2.75, 3.05) is 0 Å². The molecule has 0 aromatic heterocycles. The van der Waals surface area contributed by atoms with Crippen LogP contribution in [0.4, 0.5) is 0 Å². The summed E-state index contributed by atoms with van der Waals surface area (Å²) in [4.78, 5) is 0. The minimum absolute atomic E-state index is 1.12. The minimum atomic E-state index is 1.12. The van der Waals surface area contributed by atoms with Gasteiger partial charge in [0.05, 0.1) is 0 Å². The molecule has 1 fully saturated rings. The molecule has 82 valence electrons. The Bertz CT molecular complexity index is 256. The Morgan fingerprint density at radius 3 is 1.53 bits per heavy atom. The summed E-state index contributed by atoms with van der Waals surface area (Å²) in [6.45, 7) is 5.83. The van der Waals surface area contributed by atoms with Crippen molar-refractivity contribution < 1.29 is 0 Å². The van der Waals surface area contributed by atoms with Gasteiger partial charge in [-0.15, -0.1) is 0 Å². The molecule has 0 nitrogen and oxygen atoms in total. The molecule has 1 aliphatic rings. The third-order valence-electron chi connectivity index (χ3n) is 2.77. The van der Waals surface area contributed by atoms with E-state index >= 15 is 0 Å². The van der Waals surface area contributed by atoms with Crippen molar-refractivity contribution >= 4 is 5.57 Å². The standard InChI is InChI=1S/C9H10.C6H12/c1-8(2)9-6-4-3-5-7-9;1-2-4-6-5-3-1/h3-7H,1H2,2H3;1-6H2. The van der Waals surface area contributed by atoms with Crippen LogP contribution in [0, 0.1) is 0 Å². The first-order chi connectivity index (χ1) is 7.30. The lowest BCUT2D eigenvalue weighted by atomic mass is 10.0. The quantitative estimate of drug-likeness (QED) is 0.597. The van der Waals surface area contributed by atoms with Crippen LogP contribution in [0.1, 0.15) is 51.0 Å². The number of allylic oxidation sites excluding steroid dienone is 1. The molecule has 0 radical (unpaired) electrons. The zero-order chi connectivity index (χ0) is 10.9. The van der Waals surface area contributed by atoms with E-state index in [1.807, 2.05) is 25.1 Å². The van der Waals surface area contributed by atoms with Crippen molar-refractivity contribution in [1.82, 2.24) is 0 Å². The smallest absolute Gasteiger partial charge is 0.0233 e. The molecule has 1 saturated carbocycles. The SMILES string of the molecule is C1CCCCC1.C=C(C)c1ccccc1. The summed E-state index contributed by atoms with van der Waals surface area (Å²) in [5.41, 5.74) is 2.34. The van der Waals surface area contributed by atoms with Crippen molar-refractivity contribution in [3.63, 3.8) is 0 Å². The zero-order valence-corrected chi connectivity index (χ0v) is 9.84. The Labute approximate surface area is 94.0 Å². The molecule has 0 spiro atoms. The zero-order valence-electron chi connectivity index (χ0n) is 9.84. The van der Waals surface area contributed by atoms with E-state index in [0.29, 0.717) is 0 Å². The van der Waals surface area contributed by atoms with Crippen LogP contribution in [0.15, 0.2) is 36.9 Å². The van der Waals surface area contributed by atoms with Gasteiger partial charge in [-0.25, -0.2) is 0 Å². The Morgan fingerprint density at radius 2 is 1.27 bits per heavy atom. The van der Waals surface area contributed by atoms with Crippen LogP contribution >= 0.6 is 0 Å². The monoisotopic (exact) mass is 202 g/mol. The van der Waals surface area contributed by atoms with Gasteiger partial charge >= 0.3 is 0 Å². The first kappa shape index (κ1) is 12.0. The maximum absolute atomic E-state index is 3.83. The highest BCUT2D eigenvalue weighted by molar-refractivity contribution is 5.60. The number of hydrogen-bond donors (Lipinski definition) is 0. The first-order valence-electron chi connectivity index (χ1n) is 6.01. The third kappa shape index (κ3) is 5.41. The fourth-order valence-electron chi connectivity index (χ4n) is 1.78. The lowest BCUT2D eigenvalue weighted by Crippen LogP contribution is -1.85. The minimum Gasteiger partial charge on any atom is -0.0955 e. The van der Waals surface area contributed by atoms with Crippen LogP contribution in [-0.2, 0) is 0 Å². The molecule has 1 aromatic carbocycles. The van der Waals surface area contributed by atoms with Gasteiger partial charge in [-0.1, -0.05) is 81.0 Å². The van der Waals surface area contributed by atoms with E-state index in [-0.39, 0.29) is 0 Å². The van der Waals surface area contributed by atoms with Gasteiger partial charge in [0, 0.05) is 0 Å². The van der Waals surface area contributed by atoms with Crippen molar-refractivity contribution in [2.24, 2.45) is 0 Å². The second kappa shape index (κ2) is 7.28. The summed E-state index contributed by atoms with van der Waals surface area (Å²) >= 11 is 0. The van der Waals surface area contributed by atoms with Gasteiger partial charge < -0.3 is 0 Å². The topological polar surface area (TPSA) is 0 Å². The fourth-order valence-corrected chi connectivity index (χ4v) is 1.78. The maximum atomic E-state index is 3.83. The molecule has 0 N–H and O–H groups in total. The van der Waals surface area contributed by atoms with Gasteiger partial charge in [0.15, 0.2) is 0 Å². The van der Waals surface area contributed by atoms with Crippen LogP contribution in [0.2, 0.25) is 0 Å². The van der Waals surface area contributed by atoms with Crippen molar-refractivity contribution in [3.8, 4) is 0 Å². The fraction of sp³-hybridized carbons (Fsp3) is 0.467. The van der Waals surface area contributed by atoms with E-state index in [9.17, 15) is 0 Å². The molecule has 0 aliphatic heterocycles. The largest absolute Gasteiger partial charge is 0.0955 e. The highest BCUT2D eigenvalue weighted by Gasteiger charge is 1.95. The van der Waals surface area contributed by atoms with Crippen molar-refractivity contribution in [2.45, 2.75) is 45.4 Å². The summed E-state index contributed by atoms with van der Waals surface area (Å²) in [6, 6.07) is 10.2. The average Bonchev–Trinajstić information content (AvgIpc) is 2.33. The number of hydrogen-bond acceptors (Lipinski definition) is 0. The lowest BCUT2D eigenvalue weighted by Gasteiger charge is -2.05. The molecule has 1 aliphatic carbocycles. The lowest BCUT2D eigenvalue weighted by molar-refractivity contribution is 0.504. The van der Waals surface area contributed by atoms with E-state index < -0.39 is 0 Å². The molecule has 0 heterocycles. The maximum Gasteiger partial charge on any atom is -0.0233 e. The van der Waals surface area contributed by atoms with Crippen molar-refractivity contribution in [1.29, 1.82) is 0 Å². The van der Waals surface area contributed by atoms with Crippen molar-refractivity contribution in [3.05, 3.63) is 42.5 Å². The molecule has 0 amide bonds. The van der Waals surface area contributed by atoms with E-state index in [1.54, 1.807) is 0 Å². The number of rotatable bonds is 1. The highest BCUT2D eigenvalue weighted by Crippen LogP contribution is 2.15. The summed E-state index contributed by atoms with van der Waals surface area (Å²) in [5.74, 6) is 0. The normalized spacial score (nSPS) is 15.0. The van der Waals surface area contributed by atoms with Gasteiger partial charge in [0.2, 0.25) is 0 Å². The summed E-state index contributed by atoms with van der Waals surface area (Å²) in [7, 11) is 0. The van der Waals surface area contributed by atoms with Gasteiger partial charge in [-0.3, -0.25) is 0 Å². The van der Waals surface area contributed by atoms with Gasteiger partial charge in [0.1, 0.15) is 0 Å². The van der Waals surface area contributed by atoms with E-state index in [4.69, 9.17) is 0 Å². The Kier molecular flexibility index (Phi) is 5.84.